The first-order valence-corrected chi connectivity index (χ1v) is 6.38. The van der Waals surface area contributed by atoms with Gasteiger partial charge in [-0.25, -0.2) is 0 Å². The maximum atomic E-state index is 4.41. The molecule has 1 aromatic heterocycles. The number of hydrogen-bond acceptors (Lipinski definition) is 2. The Labute approximate surface area is 102 Å². The standard InChI is InChI=1S/C8H4BrIS2/c9-5-1-4-2-7(10)12-8(4)6(11)3-5/h1-3,11H. The summed E-state index contributed by atoms with van der Waals surface area (Å²) >= 11 is 12.0. The van der Waals surface area contributed by atoms with Gasteiger partial charge in [-0.2, -0.15) is 0 Å². The Morgan fingerprint density at radius 1 is 1.33 bits per heavy atom. The zero-order chi connectivity index (χ0) is 8.72. The average Bonchev–Trinajstić information content (AvgIpc) is 2.29. The van der Waals surface area contributed by atoms with E-state index < -0.39 is 0 Å². The van der Waals surface area contributed by atoms with E-state index in [0.717, 1.165) is 9.37 Å². The van der Waals surface area contributed by atoms with Gasteiger partial charge in [-0.1, -0.05) is 15.9 Å². The van der Waals surface area contributed by atoms with Gasteiger partial charge in [0.15, 0.2) is 0 Å². The monoisotopic (exact) mass is 370 g/mol. The highest BCUT2D eigenvalue weighted by molar-refractivity contribution is 14.1. The quantitative estimate of drug-likeness (QED) is 0.510. The van der Waals surface area contributed by atoms with Crippen LogP contribution in [0.25, 0.3) is 10.1 Å². The molecule has 12 heavy (non-hydrogen) atoms. The number of halogens is 2. The second-order valence-corrected chi connectivity index (χ2v) is 6.74. The summed E-state index contributed by atoms with van der Waals surface area (Å²) < 4.78 is 3.66. The summed E-state index contributed by atoms with van der Waals surface area (Å²) in [4.78, 5) is 1.05. The van der Waals surface area contributed by atoms with E-state index >= 15 is 0 Å². The second-order valence-electron chi connectivity index (χ2n) is 2.39. The van der Waals surface area contributed by atoms with Gasteiger partial charge in [-0.15, -0.1) is 24.0 Å². The van der Waals surface area contributed by atoms with Gasteiger partial charge < -0.3 is 0 Å². The molecule has 0 fully saturated rings. The molecule has 0 aliphatic carbocycles. The largest absolute Gasteiger partial charge is 0.142 e. The van der Waals surface area contributed by atoms with E-state index in [1.165, 1.54) is 13.0 Å². The Bertz CT molecular complexity index is 436. The van der Waals surface area contributed by atoms with Gasteiger partial charge in [0.1, 0.15) is 0 Å². The van der Waals surface area contributed by atoms with Crippen LogP contribution in [-0.4, -0.2) is 0 Å². The van der Waals surface area contributed by atoms with Crippen LogP contribution in [0.3, 0.4) is 0 Å². The maximum absolute atomic E-state index is 4.41. The summed E-state index contributed by atoms with van der Waals surface area (Å²) in [7, 11) is 0. The number of thiol groups is 1. The van der Waals surface area contributed by atoms with E-state index in [-0.39, 0.29) is 0 Å². The normalized spacial score (nSPS) is 10.9. The van der Waals surface area contributed by atoms with Crippen LogP contribution in [0.15, 0.2) is 27.6 Å². The molecule has 0 aliphatic heterocycles. The van der Waals surface area contributed by atoms with Gasteiger partial charge in [-0.3, -0.25) is 0 Å². The fourth-order valence-electron chi connectivity index (χ4n) is 1.07. The van der Waals surface area contributed by atoms with Crippen molar-refractivity contribution in [3.05, 3.63) is 25.6 Å². The van der Waals surface area contributed by atoms with Crippen molar-refractivity contribution in [3.8, 4) is 0 Å². The molecule has 0 spiro atoms. The molecule has 0 atom stereocenters. The van der Waals surface area contributed by atoms with Crippen molar-refractivity contribution in [1.82, 2.24) is 0 Å². The van der Waals surface area contributed by atoms with Crippen molar-refractivity contribution in [2.45, 2.75) is 4.90 Å². The number of fused-ring (bicyclic) bond motifs is 1. The Morgan fingerprint density at radius 2 is 2.08 bits per heavy atom. The number of benzene rings is 1. The highest BCUT2D eigenvalue weighted by Gasteiger charge is 2.03. The Morgan fingerprint density at radius 3 is 2.83 bits per heavy atom. The lowest BCUT2D eigenvalue weighted by Gasteiger charge is -1.95. The van der Waals surface area contributed by atoms with E-state index in [1.807, 2.05) is 6.07 Å². The highest BCUT2D eigenvalue weighted by atomic mass is 127. The lowest BCUT2D eigenvalue weighted by molar-refractivity contribution is 1.57. The molecule has 1 heterocycles. The van der Waals surface area contributed by atoms with Crippen LogP contribution < -0.4 is 0 Å². The molecule has 2 aromatic rings. The smallest absolute Gasteiger partial charge is 0.0666 e. The van der Waals surface area contributed by atoms with Crippen molar-refractivity contribution in [1.29, 1.82) is 0 Å². The molecule has 0 aliphatic rings. The third-order valence-corrected chi connectivity index (χ3v) is 4.44. The van der Waals surface area contributed by atoms with E-state index in [0.29, 0.717) is 0 Å². The molecule has 0 bridgehead atoms. The van der Waals surface area contributed by atoms with Crippen molar-refractivity contribution < 1.29 is 0 Å². The van der Waals surface area contributed by atoms with Crippen LogP contribution in [0, 0.1) is 2.88 Å². The molecule has 2 rings (SSSR count). The van der Waals surface area contributed by atoms with Crippen molar-refractivity contribution in [3.63, 3.8) is 0 Å². The Kier molecular flexibility index (Phi) is 2.69. The van der Waals surface area contributed by atoms with Gasteiger partial charge in [0.05, 0.1) is 2.88 Å². The number of thiophene rings is 1. The van der Waals surface area contributed by atoms with Crippen LogP contribution in [0.5, 0.6) is 0 Å². The summed E-state index contributed by atoms with van der Waals surface area (Å²) in [6.07, 6.45) is 0. The van der Waals surface area contributed by atoms with Gasteiger partial charge >= 0.3 is 0 Å². The summed E-state index contributed by atoms with van der Waals surface area (Å²) in [5.74, 6) is 0. The average molecular weight is 371 g/mol. The molecule has 0 radical (unpaired) electrons. The van der Waals surface area contributed by atoms with Crippen molar-refractivity contribution in [2.24, 2.45) is 0 Å². The van der Waals surface area contributed by atoms with Gasteiger partial charge in [0, 0.05) is 14.1 Å². The Balaban J connectivity index is 2.88. The first-order valence-electron chi connectivity index (χ1n) is 3.24. The molecule has 0 unspecified atom stereocenters. The van der Waals surface area contributed by atoms with Crippen LogP contribution in [0.2, 0.25) is 0 Å². The zero-order valence-corrected chi connectivity index (χ0v) is 11.3. The fourth-order valence-corrected chi connectivity index (χ4v) is 3.90. The molecule has 0 amide bonds. The minimum Gasteiger partial charge on any atom is -0.142 e. The predicted octanol–water partition coefficient (Wildman–Crippen LogP) is 4.56. The van der Waals surface area contributed by atoms with E-state index in [2.05, 4.69) is 63.3 Å². The van der Waals surface area contributed by atoms with Gasteiger partial charge in [-0.05, 0) is 46.2 Å². The maximum Gasteiger partial charge on any atom is 0.0666 e. The second kappa shape index (κ2) is 3.48. The topological polar surface area (TPSA) is 0 Å². The van der Waals surface area contributed by atoms with Crippen LogP contribution in [0.4, 0.5) is 0 Å². The SMILES string of the molecule is Sc1cc(Br)cc2cc(I)sc12. The van der Waals surface area contributed by atoms with E-state index in [1.54, 1.807) is 11.3 Å². The van der Waals surface area contributed by atoms with Crippen molar-refractivity contribution >= 4 is 72.6 Å². The molecule has 0 saturated heterocycles. The minimum atomic E-state index is 1.05. The van der Waals surface area contributed by atoms with Crippen molar-refractivity contribution in [2.75, 3.05) is 0 Å². The minimum absolute atomic E-state index is 1.05. The summed E-state index contributed by atoms with van der Waals surface area (Å²) in [6, 6.07) is 6.32. The summed E-state index contributed by atoms with van der Waals surface area (Å²) in [5, 5.41) is 1.27. The molecule has 0 N–H and O–H groups in total. The lowest BCUT2D eigenvalue weighted by atomic mass is 10.3. The third-order valence-electron chi connectivity index (χ3n) is 1.53. The van der Waals surface area contributed by atoms with Crippen LogP contribution >= 0.6 is 62.5 Å². The third kappa shape index (κ3) is 1.66. The van der Waals surface area contributed by atoms with Gasteiger partial charge in [0.25, 0.3) is 0 Å². The molecule has 0 nitrogen and oxygen atoms in total. The molecule has 4 heteroatoms. The lowest BCUT2D eigenvalue weighted by Crippen LogP contribution is -1.67. The molecule has 0 saturated carbocycles. The molecule has 62 valence electrons. The molecular formula is C8H4BrIS2. The molecule has 1 aromatic carbocycles. The highest BCUT2D eigenvalue weighted by Crippen LogP contribution is 2.34. The van der Waals surface area contributed by atoms with Crippen LogP contribution in [-0.2, 0) is 0 Å². The first kappa shape index (κ1) is 9.30. The van der Waals surface area contributed by atoms with E-state index in [4.69, 9.17) is 0 Å². The summed E-state index contributed by atoms with van der Waals surface area (Å²) in [5.41, 5.74) is 0. The predicted molar refractivity (Wildman–Crippen MR) is 69.5 cm³/mol. The van der Waals surface area contributed by atoms with Gasteiger partial charge in [0.2, 0.25) is 0 Å². The Hall–Kier alpha value is 0.740. The zero-order valence-electron chi connectivity index (χ0n) is 5.84. The van der Waals surface area contributed by atoms with Crippen LogP contribution in [0.1, 0.15) is 0 Å². The first-order chi connectivity index (χ1) is 5.66. The molecular weight excluding hydrogens is 367 g/mol. The number of rotatable bonds is 0. The fraction of sp³-hybridized carbons (Fsp3) is 0. The number of hydrogen-bond donors (Lipinski definition) is 1. The van der Waals surface area contributed by atoms with E-state index in [9.17, 15) is 0 Å². The summed E-state index contributed by atoms with van der Waals surface area (Å²) in [6.45, 7) is 0.